The van der Waals surface area contributed by atoms with Crippen molar-refractivity contribution in [3.63, 3.8) is 0 Å². The van der Waals surface area contributed by atoms with E-state index in [0.29, 0.717) is 5.56 Å². The fourth-order valence-corrected chi connectivity index (χ4v) is 2.27. The van der Waals surface area contributed by atoms with E-state index in [4.69, 9.17) is 0 Å². The lowest BCUT2D eigenvalue weighted by Crippen LogP contribution is -2.53. The van der Waals surface area contributed by atoms with E-state index in [9.17, 15) is 14.4 Å². The maximum absolute atomic E-state index is 12.6. The summed E-state index contributed by atoms with van der Waals surface area (Å²) < 4.78 is 0. The van der Waals surface area contributed by atoms with Gasteiger partial charge in [0.1, 0.15) is 13.1 Å². The summed E-state index contributed by atoms with van der Waals surface area (Å²) in [6.07, 6.45) is 0. The van der Waals surface area contributed by atoms with Crippen molar-refractivity contribution in [2.24, 2.45) is 0 Å². The number of nitrogens with one attached hydrogen (secondary N) is 1. The number of imide groups is 1. The molecule has 0 unspecified atom stereocenters. The number of piperazine rings is 1. The van der Waals surface area contributed by atoms with Crippen LogP contribution < -0.4 is 5.32 Å². The number of rotatable bonds is 1. The first-order valence-electron chi connectivity index (χ1n) is 6.50. The summed E-state index contributed by atoms with van der Waals surface area (Å²) in [5, 5.41) is 2.19. The molecule has 1 saturated heterocycles. The van der Waals surface area contributed by atoms with Gasteiger partial charge in [-0.25, -0.2) is 0 Å². The third-order valence-corrected chi connectivity index (χ3v) is 3.20. The molecular formula is C15H18N2O3. The van der Waals surface area contributed by atoms with Crippen LogP contribution in [0.3, 0.4) is 0 Å². The number of carbonyl (C=O) groups excluding carboxylic acids is 3. The van der Waals surface area contributed by atoms with Crippen molar-refractivity contribution < 1.29 is 14.4 Å². The van der Waals surface area contributed by atoms with E-state index >= 15 is 0 Å². The summed E-state index contributed by atoms with van der Waals surface area (Å²) in [5.74, 6) is -1.16. The van der Waals surface area contributed by atoms with Gasteiger partial charge in [-0.05, 0) is 17.0 Å². The summed E-state index contributed by atoms with van der Waals surface area (Å²) in [6.45, 7) is 5.90. The first kappa shape index (κ1) is 14.2. The SMILES string of the molecule is CC(C)(C)c1ccccc1C(=O)N1CC(=O)NC(=O)C1. The highest BCUT2D eigenvalue weighted by molar-refractivity contribution is 6.06. The van der Waals surface area contributed by atoms with Crippen LogP contribution in [0.1, 0.15) is 36.7 Å². The molecule has 1 aliphatic heterocycles. The van der Waals surface area contributed by atoms with Crippen LogP contribution in [-0.4, -0.2) is 35.7 Å². The van der Waals surface area contributed by atoms with Crippen LogP contribution in [0.15, 0.2) is 24.3 Å². The highest BCUT2D eigenvalue weighted by atomic mass is 16.2. The maximum atomic E-state index is 12.6. The van der Waals surface area contributed by atoms with Gasteiger partial charge in [0, 0.05) is 5.56 Å². The Morgan fingerprint density at radius 2 is 1.65 bits per heavy atom. The molecule has 1 fully saturated rings. The molecule has 1 aliphatic rings. The van der Waals surface area contributed by atoms with Gasteiger partial charge in [-0.15, -0.1) is 0 Å². The molecule has 3 amide bonds. The highest BCUT2D eigenvalue weighted by Gasteiger charge is 2.30. The number of nitrogens with zero attached hydrogens (tertiary/aromatic N) is 1. The second-order valence-electron chi connectivity index (χ2n) is 5.93. The zero-order chi connectivity index (χ0) is 14.9. The van der Waals surface area contributed by atoms with E-state index < -0.39 is 11.8 Å². The molecule has 0 spiro atoms. The van der Waals surface area contributed by atoms with Crippen LogP contribution in [0.5, 0.6) is 0 Å². The molecular weight excluding hydrogens is 256 g/mol. The summed E-state index contributed by atoms with van der Waals surface area (Å²) in [5.41, 5.74) is 1.26. The van der Waals surface area contributed by atoms with Crippen LogP contribution in [0.4, 0.5) is 0 Å². The van der Waals surface area contributed by atoms with Crippen LogP contribution >= 0.6 is 0 Å². The van der Waals surface area contributed by atoms with Gasteiger partial charge in [-0.1, -0.05) is 39.0 Å². The molecule has 1 aromatic rings. The average Bonchev–Trinajstić information content (AvgIpc) is 2.35. The Balaban J connectivity index is 2.34. The largest absolute Gasteiger partial charge is 0.320 e. The molecule has 2 rings (SSSR count). The molecule has 5 nitrogen and oxygen atoms in total. The average molecular weight is 274 g/mol. The van der Waals surface area contributed by atoms with Crippen molar-refractivity contribution in [1.29, 1.82) is 0 Å². The quantitative estimate of drug-likeness (QED) is 0.779. The van der Waals surface area contributed by atoms with E-state index in [-0.39, 0.29) is 24.4 Å². The molecule has 5 heteroatoms. The summed E-state index contributed by atoms with van der Waals surface area (Å²) in [6, 6.07) is 7.30. The molecule has 0 bridgehead atoms. The minimum Gasteiger partial charge on any atom is -0.320 e. The molecule has 0 aliphatic carbocycles. The zero-order valence-corrected chi connectivity index (χ0v) is 11.9. The lowest BCUT2D eigenvalue weighted by Gasteiger charge is -2.28. The monoisotopic (exact) mass is 274 g/mol. The minimum absolute atomic E-state index is 0.0803. The minimum atomic E-state index is -0.442. The Morgan fingerprint density at radius 3 is 2.20 bits per heavy atom. The van der Waals surface area contributed by atoms with Gasteiger partial charge < -0.3 is 4.90 Å². The first-order chi connectivity index (χ1) is 9.29. The van der Waals surface area contributed by atoms with E-state index in [1.54, 1.807) is 12.1 Å². The third-order valence-electron chi connectivity index (χ3n) is 3.20. The van der Waals surface area contributed by atoms with Gasteiger partial charge in [0.05, 0.1) is 0 Å². The van der Waals surface area contributed by atoms with Crippen LogP contribution in [0.2, 0.25) is 0 Å². The molecule has 1 N–H and O–H groups in total. The first-order valence-corrected chi connectivity index (χ1v) is 6.50. The van der Waals surface area contributed by atoms with Gasteiger partial charge in [-0.3, -0.25) is 19.7 Å². The van der Waals surface area contributed by atoms with Gasteiger partial charge in [0.2, 0.25) is 11.8 Å². The molecule has 20 heavy (non-hydrogen) atoms. The van der Waals surface area contributed by atoms with Crippen LogP contribution in [0, 0.1) is 0 Å². The Morgan fingerprint density at radius 1 is 1.10 bits per heavy atom. The Hall–Kier alpha value is -2.17. The maximum Gasteiger partial charge on any atom is 0.255 e. The van der Waals surface area contributed by atoms with E-state index in [1.165, 1.54) is 4.90 Å². The summed E-state index contributed by atoms with van der Waals surface area (Å²) in [4.78, 5) is 36.6. The predicted molar refractivity (Wildman–Crippen MR) is 74.2 cm³/mol. The summed E-state index contributed by atoms with van der Waals surface area (Å²) >= 11 is 0. The second-order valence-corrected chi connectivity index (χ2v) is 5.93. The Labute approximate surface area is 118 Å². The molecule has 1 aromatic carbocycles. The number of hydrogen-bond donors (Lipinski definition) is 1. The number of amides is 3. The van der Waals surface area contributed by atoms with Gasteiger partial charge in [0.25, 0.3) is 5.91 Å². The molecule has 106 valence electrons. The standard InChI is InChI=1S/C15H18N2O3/c1-15(2,3)11-7-5-4-6-10(11)14(20)17-8-12(18)16-13(19)9-17/h4-7H,8-9H2,1-3H3,(H,16,18,19). The van der Waals surface area contributed by atoms with Crippen molar-refractivity contribution in [2.75, 3.05) is 13.1 Å². The third kappa shape index (κ3) is 2.87. The smallest absolute Gasteiger partial charge is 0.255 e. The molecule has 0 saturated carbocycles. The normalized spacial score (nSPS) is 16.1. The number of benzene rings is 1. The van der Waals surface area contributed by atoms with Gasteiger partial charge >= 0.3 is 0 Å². The van der Waals surface area contributed by atoms with E-state index in [1.807, 2.05) is 32.9 Å². The molecule has 0 radical (unpaired) electrons. The van der Waals surface area contributed by atoms with Crippen molar-refractivity contribution in [2.45, 2.75) is 26.2 Å². The fourth-order valence-electron chi connectivity index (χ4n) is 2.27. The molecule has 0 atom stereocenters. The second kappa shape index (κ2) is 5.07. The topological polar surface area (TPSA) is 66.5 Å². The Bertz CT molecular complexity index is 557. The molecule has 1 heterocycles. The van der Waals surface area contributed by atoms with Gasteiger partial charge in [-0.2, -0.15) is 0 Å². The Kier molecular flexibility index (Phi) is 3.61. The predicted octanol–water partition coefficient (Wildman–Crippen LogP) is 1.08. The van der Waals surface area contributed by atoms with Crippen molar-refractivity contribution in [1.82, 2.24) is 10.2 Å². The molecule has 0 aromatic heterocycles. The van der Waals surface area contributed by atoms with Crippen molar-refractivity contribution in [3.8, 4) is 0 Å². The number of carbonyl (C=O) groups is 3. The van der Waals surface area contributed by atoms with E-state index in [0.717, 1.165) is 5.56 Å². The lowest BCUT2D eigenvalue weighted by molar-refractivity contribution is -0.135. The highest BCUT2D eigenvalue weighted by Crippen LogP contribution is 2.26. The summed E-state index contributed by atoms with van der Waals surface area (Å²) in [7, 11) is 0. The van der Waals surface area contributed by atoms with Crippen molar-refractivity contribution >= 4 is 17.7 Å². The lowest BCUT2D eigenvalue weighted by atomic mass is 9.83. The van der Waals surface area contributed by atoms with Crippen LogP contribution in [-0.2, 0) is 15.0 Å². The fraction of sp³-hybridized carbons (Fsp3) is 0.400. The van der Waals surface area contributed by atoms with Crippen molar-refractivity contribution in [3.05, 3.63) is 35.4 Å². The number of hydrogen-bond acceptors (Lipinski definition) is 3. The van der Waals surface area contributed by atoms with Crippen LogP contribution in [0.25, 0.3) is 0 Å². The zero-order valence-electron chi connectivity index (χ0n) is 11.9. The van der Waals surface area contributed by atoms with E-state index in [2.05, 4.69) is 5.32 Å². The van der Waals surface area contributed by atoms with Gasteiger partial charge in [0.15, 0.2) is 0 Å².